The van der Waals surface area contributed by atoms with Crippen LogP contribution in [0.5, 0.6) is 5.75 Å². The number of aliphatic hydroxyl groups excluding tert-OH is 1. The van der Waals surface area contributed by atoms with Gasteiger partial charge >= 0.3 is 5.97 Å². The molecule has 1 aliphatic heterocycles. The van der Waals surface area contributed by atoms with E-state index in [-0.39, 0.29) is 33.9 Å². The van der Waals surface area contributed by atoms with Gasteiger partial charge in [-0.05, 0) is 86.0 Å². The predicted molar refractivity (Wildman–Crippen MR) is 170 cm³/mol. The van der Waals surface area contributed by atoms with E-state index >= 15 is 0 Å². The molecule has 2 atom stereocenters. The fraction of sp³-hybridized carbons (Fsp3) is 0.345. The van der Waals surface area contributed by atoms with Crippen LogP contribution in [0.1, 0.15) is 31.4 Å². The molecule has 0 amide bonds. The van der Waals surface area contributed by atoms with Crippen molar-refractivity contribution in [2.45, 2.75) is 42.9 Å². The van der Waals surface area contributed by atoms with Crippen LogP contribution in [0, 0.1) is 0 Å². The van der Waals surface area contributed by atoms with Crippen molar-refractivity contribution in [2.75, 3.05) is 40.2 Å². The predicted octanol–water partition coefficient (Wildman–Crippen LogP) is 3.66. The van der Waals surface area contributed by atoms with Gasteiger partial charge in [0.2, 0.25) is 10.0 Å². The number of nitrogens with zero attached hydrogens (tertiary/aromatic N) is 1. The Morgan fingerprint density at radius 3 is 2.23 bits per heavy atom. The number of ether oxygens (including phenoxy) is 1. The molecule has 1 heterocycles. The topological polar surface area (TPSA) is 174 Å². The Balaban J connectivity index is 1.26. The summed E-state index contributed by atoms with van der Waals surface area (Å²) in [5, 5.41) is 23.2. The van der Waals surface area contributed by atoms with Gasteiger partial charge in [0.1, 0.15) is 5.75 Å². The van der Waals surface area contributed by atoms with Crippen molar-refractivity contribution in [1.29, 1.82) is 0 Å². The van der Waals surface area contributed by atoms with Crippen LogP contribution in [-0.4, -0.2) is 71.1 Å². The number of nitrogens with one attached hydrogen (secondary N) is 3. The van der Waals surface area contributed by atoms with E-state index in [2.05, 4.69) is 19.7 Å². The van der Waals surface area contributed by atoms with Crippen molar-refractivity contribution in [1.82, 2.24) is 5.32 Å². The zero-order chi connectivity index (χ0) is 32.1. The number of rotatable bonds is 13. The van der Waals surface area contributed by atoms with Crippen LogP contribution in [0.25, 0.3) is 0 Å². The first-order valence-corrected chi connectivity index (χ1v) is 17.5. The molecule has 0 aromatic heterocycles. The Morgan fingerprint density at radius 2 is 1.64 bits per heavy atom. The van der Waals surface area contributed by atoms with E-state index in [9.17, 15) is 26.7 Å². The van der Waals surface area contributed by atoms with Gasteiger partial charge in [0, 0.05) is 37.1 Å². The molecule has 0 aliphatic carbocycles. The molecule has 5 N–H and O–H groups in total. The molecular weight excluding hydrogens is 632 g/mol. The number of aliphatic hydroxyl groups is 1. The van der Waals surface area contributed by atoms with Crippen LogP contribution >= 0.6 is 11.6 Å². The molecule has 15 heteroatoms. The quantitative estimate of drug-likeness (QED) is 0.181. The SMILES string of the molecule is CC(Oc1ccc(S(=O)(=O)Nc2ccc(N3CCC(NC[C@@H](O)c4ccc(Cl)c(NS(C)(=O)=O)c4)CC3)cc2)cc1)C(=O)O. The van der Waals surface area contributed by atoms with E-state index in [0.717, 1.165) is 37.9 Å². The van der Waals surface area contributed by atoms with Crippen molar-refractivity contribution < 1.29 is 36.6 Å². The van der Waals surface area contributed by atoms with Gasteiger partial charge in [-0.2, -0.15) is 0 Å². The number of carbonyl (C=O) groups is 1. The van der Waals surface area contributed by atoms with Crippen molar-refractivity contribution in [2.24, 2.45) is 0 Å². The molecule has 44 heavy (non-hydrogen) atoms. The molecule has 12 nitrogen and oxygen atoms in total. The first kappa shape index (κ1) is 33.3. The summed E-state index contributed by atoms with van der Waals surface area (Å²) in [5.41, 5.74) is 2.10. The highest BCUT2D eigenvalue weighted by molar-refractivity contribution is 7.92. The summed E-state index contributed by atoms with van der Waals surface area (Å²) in [6.07, 6.45) is 0.769. The van der Waals surface area contributed by atoms with Crippen LogP contribution in [0.2, 0.25) is 5.02 Å². The van der Waals surface area contributed by atoms with Gasteiger partial charge in [-0.1, -0.05) is 17.7 Å². The maximum atomic E-state index is 12.8. The van der Waals surface area contributed by atoms with Crippen molar-refractivity contribution in [3.05, 3.63) is 77.3 Å². The molecule has 3 aromatic carbocycles. The number of piperidine rings is 1. The standard InChI is InChI=1S/C29H35ClN4O8S2/c1-19(29(36)37)42-24-8-10-25(11-9-24)44(40,41)32-22-4-6-23(7-5-22)34-15-13-21(14-16-34)31-18-28(35)20-3-12-26(30)27(17-20)33-43(2,38)39/h3-12,17,19,21,28,31-33,35H,13-16,18H2,1-2H3,(H,36,37)/t19?,28-/m1/s1. The summed E-state index contributed by atoms with van der Waals surface area (Å²) in [7, 11) is -7.38. The average Bonchev–Trinajstić information content (AvgIpc) is 2.97. The van der Waals surface area contributed by atoms with Crippen LogP contribution in [0.15, 0.2) is 71.6 Å². The van der Waals surface area contributed by atoms with Gasteiger partial charge in [-0.3, -0.25) is 9.44 Å². The summed E-state index contributed by atoms with van der Waals surface area (Å²) in [5.74, 6) is -0.876. The minimum Gasteiger partial charge on any atom is -0.479 e. The summed E-state index contributed by atoms with van der Waals surface area (Å²) in [4.78, 5) is 13.2. The second kappa shape index (κ2) is 14.0. The summed E-state index contributed by atoms with van der Waals surface area (Å²) in [6.45, 7) is 3.19. The van der Waals surface area contributed by atoms with Crippen LogP contribution in [-0.2, 0) is 24.8 Å². The minimum atomic E-state index is -3.87. The lowest BCUT2D eigenvalue weighted by atomic mass is 10.0. The summed E-state index contributed by atoms with van der Waals surface area (Å²) in [6, 6.07) is 17.5. The molecule has 1 saturated heterocycles. The number of benzene rings is 3. The Kier molecular flexibility index (Phi) is 10.6. The van der Waals surface area contributed by atoms with E-state index in [1.54, 1.807) is 24.3 Å². The van der Waals surface area contributed by atoms with Gasteiger partial charge in [-0.25, -0.2) is 21.6 Å². The molecule has 0 bridgehead atoms. The molecule has 0 radical (unpaired) electrons. The summed E-state index contributed by atoms with van der Waals surface area (Å²) >= 11 is 6.08. The number of sulfonamides is 2. The molecule has 1 unspecified atom stereocenters. The molecule has 3 aromatic rings. The first-order valence-electron chi connectivity index (χ1n) is 13.8. The Morgan fingerprint density at radius 1 is 1.00 bits per heavy atom. The monoisotopic (exact) mass is 666 g/mol. The molecule has 1 aliphatic rings. The van der Waals surface area contributed by atoms with Gasteiger partial charge < -0.3 is 25.2 Å². The zero-order valence-corrected chi connectivity index (χ0v) is 26.5. The fourth-order valence-electron chi connectivity index (χ4n) is 4.67. The van der Waals surface area contributed by atoms with Gasteiger partial charge in [-0.15, -0.1) is 0 Å². The lowest BCUT2D eigenvalue weighted by Crippen LogP contribution is -2.43. The smallest absolute Gasteiger partial charge is 0.344 e. The number of hydrogen-bond acceptors (Lipinski definition) is 9. The largest absolute Gasteiger partial charge is 0.479 e. The molecule has 0 spiro atoms. The fourth-order valence-corrected chi connectivity index (χ4v) is 6.52. The maximum absolute atomic E-state index is 12.8. The highest BCUT2D eigenvalue weighted by Gasteiger charge is 2.22. The third-order valence-electron chi connectivity index (χ3n) is 7.04. The average molecular weight is 667 g/mol. The van der Waals surface area contributed by atoms with E-state index in [1.807, 2.05) is 12.1 Å². The van der Waals surface area contributed by atoms with Crippen molar-refractivity contribution >= 4 is 54.7 Å². The third kappa shape index (κ3) is 9.22. The molecule has 1 fully saturated rings. The van der Waals surface area contributed by atoms with E-state index in [0.29, 0.717) is 11.3 Å². The Bertz CT molecular complexity index is 1660. The minimum absolute atomic E-state index is 0.0127. The van der Waals surface area contributed by atoms with Crippen molar-refractivity contribution in [3.63, 3.8) is 0 Å². The van der Waals surface area contributed by atoms with Gasteiger partial charge in [0.15, 0.2) is 6.10 Å². The third-order valence-corrected chi connectivity index (χ3v) is 9.36. The van der Waals surface area contributed by atoms with Crippen LogP contribution < -0.4 is 24.4 Å². The molecule has 238 valence electrons. The van der Waals surface area contributed by atoms with E-state index in [4.69, 9.17) is 21.4 Å². The number of hydrogen-bond donors (Lipinski definition) is 5. The number of anilines is 3. The lowest BCUT2D eigenvalue weighted by Gasteiger charge is -2.34. The number of halogens is 1. The number of carboxylic acid groups (broad SMARTS) is 1. The van der Waals surface area contributed by atoms with E-state index in [1.165, 1.54) is 37.3 Å². The van der Waals surface area contributed by atoms with Gasteiger partial charge in [0.05, 0.1) is 28.0 Å². The highest BCUT2D eigenvalue weighted by atomic mass is 35.5. The van der Waals surface area contributed by atoms with Gasteiger partial charge in [0.25, 0.3) is 10.0 Å². The molecule has 0 saturated carbocycles. The lowest BCUT2D eigenvalue weighted by molar-refractivity contribution is -0.144. The van der Waals surface area contributed by atoms with E-state index < -0.39 is 38.2 Å². The summed E-state index contributed by atoms with van der Waals surface area (Å²) < 4.78 is 59.0. The number of aliphatic carboxylic acids is 1. The highest BCUT2D eigenvalue weighted by Crippen LogP contribution is 2.28. The Hall–Kier alpha value is -3.56. The maximum Gasteiger partial charge on any atom is 0.344 e. The second-order valence-corrected chi connectivity index (χ2v) is 14.4. The normalized spacial score (nSPS) is 15.8. The zero-order valence-electron chi connectivity index (χ0n) is 24.1. The second-order valence-electron chi connectivity index (χ2n) is 10.5. The number of carboxylic acids is 1. The molecule has 4 rings (SSSR count). The van der Waals surface area contributed by atoms with Crippen LogP contribution in [0.3, 0.4) is 0 Å². The van der Waals surface area contributed by atoms with Crippen molar-refractivity contribution in [3.8, 4) is 5.75 Å². The molecular formula is C29H35ClN4O8S2. The Labute approximate surface area is 262 Å². The first-order chi connectivity index (χ1) is 20.7. The van der Waals surface area contributed by atoms with Crippen LogP contribution in [0.4, 0.5) is 17.1 Å².